The molecule has 0 amide bonds. The molecule has 1 N–H and O–H groups in total. The minimum absolute atomic E-state index is 0.114. The quantitative estimate of drug-likeness (QED) is 0.432. The highest BCUT2D eigenvalue weighted by molar-refractivity contribution is 7.80. The van der Waals surface area contributed by atoms with Crippen molar-refractivity contribution in [2.75, 3.05) is 5.32 Å². The second-order valence-corrected chi connectivity index (χ2v) is 7.61. The van der Waals surface area contributed by atoms with E-state index >= 15 is 0 Å². The monoisotopic (exact) mass is 430 g/mol. The lowest BCUT2D eigenvalue weighted by Crippen LogP contribution is -2.41. The van der Waals surface area contributed by atoms with E-state index in [9.17, 15) is 17.6 Å². The van der Waals surface area contributed by atoms with E-state index in [2.05, 4.69) is 5.32 Å². The zero-order chi connectivity index (χ0) is 20.3. The zero-order valence-electron chi connectivity index (χ0n) is 14.9. The Kier molecular flexibility index (Phi) is 6.45. The van der Waals surface area contributed by atoms with Gasteiger partial charge < -0.3 is 10.2 Å². The first-order chi connectivity index (χ1) is 13.2. The average molecular weight is 431 g/mol. The molecule has 2 aromatic rings. The number of hydrogen-bond donors (Lipinski definition) is 1. The summed E-state index contributed by atoms with van der Waals surface area (Å²) in [5, 5.41) is 3.34. The van der Waals surface area contributed by atoms with Gasteiger partial charge in [0.15, 0.2) is 5.11 Å². The number of halogens is 5. The highest BCUT2D eigenvalue weighted by atomic mass is 35.5. The normalized spacial score (nSPS) is 14.9. The average Bonchev–Trinajstić information content (AvgIpc) is 3.16. The summed E-state index contributed by atoms with van der Waals surface area (Å²) in [6, 6.07) is 9.38. The number of thiocarbonyl (C=S) groups is 1. The fraction of sp³-hybridized carbons (Fsp3) is 0.350. The molecule has 0 saturated heterocycles. The Morgan fingerprint density at radius 2 is 1.75 bits per heavy atom. The summed E-state index contributed by atoms with van der Waals surface area (Å²) in [5.41, 5.74) is 0.185. The summed E-state index contributed by atoms with van der Waals surface area (Å²) in [5.74, 6) is -0.326. The molecule has 1 fully saturated rings. The number of anilines is 1. The fourth-order valence-corrected chi connectivity index (χ4v) is 3.84. The molecule has 0 bridgehead atoms. The molecule has 2 nitrogen and oxygen atoms in total. The summed E-state index contributed by atoms with van der Waals surface area (Å²) >= 11 is 11.6. The Morgan fingerprint density at radius 3 is 2.36 bits per heavy atom. The minimum atomic E-state index is -4.47. The van der Waals surface area contributed by atoms with Crippen molar-refractivity contribution in [2.45, 2.75) is 44.4 Å². The molecule has 0 heterocycles. The van der Waals surface area contributed by atoms with Crippen LogP contribution in [-0.2, 0) is 12.7 Å². The number of hydrogen-bond acceptors (Lipinski definition) is 1. The molecule has 0 unspecified atom stereocenters. The lowest BCUT2D eigenvalue weighted by Gasteiger charge is -2.32. The van der Waals surface area contributed by atoms with E-state index in [1.807, 2.05) is 4.90 Å². The molecule has 1 aliphatic rings. The van der Waals surface area contributed by atoms with Crippen LogP contribution < -0.4 is 5.32 Å². The van der Waals surface area contributed by atoms with E-state index in [4.69, 9.17) is 23.8 Å². The molecule has 28 heavy (non-hydrogen) atoms. The minimum Gasteiger partial charge on any atom is -0.342 e. The number of benzene rings is 2. The third-order valence-corrected chi connectivity index (χ3v) is 5.49. The molecule has 2 aromatic carbocycles. The van der Waals surface area contributed by atoms with Gasteiger partial charge in [0, 0.05) is 12.6 Å². The van der Waals surface area contributed by atoms with Crippen LogP contribution in [-0.4, -0.2) is 16.1 Å². The highest BCUT2D eigenvalue weighted by Crippen LogP contribution is 2.34. The number of alkyl halides is 3. The van der Waals surface area contributed by atoms with E-state index in [1.54, 1.807) is 12.1 Å². The lowest BCUT2D eigenvalue weighted by atomic mass is 10.1. The summed E-state index contributed by atoms with van der Waals surface area (Å²) < 4.78 is 52.2. The van der Waals surface area contributed by atoms with E-state index in [-0.39, 0.29) is 22.6 Å². The Hall–Kier alpha value is -1.86. The Bertz CT molecular complexity index is 833. The molecular weight excluding hydrogens is 412 g/mol. The van der Waals surface area contributed by atoms with Crippen LogP contribution in [0.4, 0.5) is 23.2 Å². The maximum absolute atomic E-state index is 13.2. The van der Waals surface area contributed by atoms with Crippen LogP contribution >= 0.6 is 23.8 Å². The van der Waals surface area contributed by atoms with Gasteiger partial charge in [-0.1, -0.05) is 36.6 Å². The smallest absolute Gasteiger partial charge is 0.342 e. The van der Waals surface area contributed by atoms with Gasteiger partial charge >= 0.3 is 6.18 Å². The maximum Gasteiger partial charge on any atom is 0.416 e. The molecule has 1 saturated carbocycles. The van der Waals surface area contributed by atoms with E-state index in [0.717, 1.165) is 43.4 Å². The van der Waals surface area contributed by atoms with Crippen molar-refractivity contribution < 1.29 is 17.6 Å². The van der Waals surface area contributed by atoms with Crippen LogP contribution in [0.5, 0.6) is 0 Å². The molecule has 0 radical (unpaired) electrons. The Labute approximate surface area is 171 Å². The van der Waals surface area contributed by atoms with Crippen LogP contribution in [0.1, 0.15) is 36.8 Å². The number of nitrogens with one attached hydrogen (secondary N) is 1. The van der Waals surface area contributed by atoms with Crippen LogP contribution in [0.25, 0.3) is 0 Å². The zero-order valence-corrected chi connectivity index (χ0v) is 16.5. The standard InChI is InChI=1S/C20H19ClF4N2S/c21-17-10-7-14(20(23,24)25)11-18(17)26-19(28)27(16-3-1-2-4-16)12-13-5-8-15(22)9-6-13/h5-11,16H,1-4,12H2,(H,26,28). The third kappa shape index (κ3) is 5.14. The van der Waals surface area contributed by atoms with Crippen molar-refractivity contribution in [1.29, 1.82) is 0 Å². The van der Waals surface area contributed by atoms with Gasteiger partial charge in [-0.2, -0.15) is 13.2 Å². The number of rotatable bonds is 4. The maximum atomic E-state index is 13.2. The van der Waals surface area contributed by atoms with Gasteiger partial charge in [-0.15, -0.1) is 0 Å². The van der Waals surface area contributed by atoms with Gasteiger partial charge in [0.2, 0.25) is 0 Å². The molecule has 3 rings (SSSR count). The second kappa shape index (κ2) is 8.66. The topological polar surface area (TPSA) is 15.3 Å². The molecule has 0 aromatic heterocycles. The van der Waals surface area contributed by atoms with Gasteiger partial charge in [-0.25, -0.2) is 4.39 Å². The van der Waals surface area contributed by atoms with Crippen molar-refractivity contribution in [3.63, 3.8) is 0 Å². The summed E-state index contributed by atoms with van der Waals surface area (Å²) in [6.45, 7) is 0.438. The van der Waals surface area contributed by atoms with Crippen molar-refractivity contribution in [3.8, 4) is 0 Å². The van der Waals surface area contributed by atoms with Crippen LogP contribution in [0.3, 0.4) is 0 Å². The van der Waals surface area contributed by atoms with E-state index in [1.165, 1.54) is 18.2 Å². The molecule has 0 atom stereocenters. The molecule has 8 heteroatoms. The van der Waals surface area contributed by atoms with Gasteiger partial charge in [0.1, 0.15) is 5.82 Å². The van der Waals surface area contributed by atoms with Gasteiger partial charge in [-0.05, 0) is 61.0 Å². The van der Waals surface area contributed by atoms with Crippen molar-refractivity contribution in [3.05, 3.63) is 64.4 Å². The first-order valence-corrected chi connectivity index (χ1v) is 9.71. The van der Waals surface area contributed by atoms with Crippen LogP contribution in [0, 0.1) is 5.82 Å². The largest absolute Gasteiger partial charge is 0.416 e. The molecule has 0 spiro atoms. The highest BCUT2D eigenvalue weighted by Gasteiger charge is 2.31. The van der Waals surface area contributed by atoms with Crippen molar-refractivity contribution in [2.24, 2.45) is 0 Å². The van der Waals surface area contributed by atoms with Crippen LogP contribution in [0.2, 0.25) is 5.02 Å². The second-order valence-electron chi connectivity index (χ2n) is 6.82. The Balaban J connectivity index is 1.82. The predicted molar refractivity (Wildman–Crippen MR) is 107 cm³/mol. The lowest BCUT2D eigenvalue weighted by molar-refractivity contribution is -0.137. The van der Waals surface area contributed by atoms with Crippen LogP contribution in [0.15, 0.2) is 42.5 Å². The fourth-order valence-electron chi connectivity index (χ4n) is 3.35. The van der Waals surface area contributed by atoms with E-state index in [0.29, 0.717) is 11.7 Å². The van der Waals surface area contributed by atoms with Gasteiger partial charge in [0.25, 0.3) is 0 Å². The Morgan fingerprint density at radius 1 is 1.11 bits per heavy atom. The first-order valence-electron chi connectivity index (χ1n) is 8.93. The molecule has 1 aliphatic carbocycles. The SMILES string of the molecule is Fc1ccc(CN(C(=S)Nc2cc(C(F)(F)F)ccc2Cl)C2CCCC2)cc1. The molecular formula is C20H19ClF4N2S. The first kappa shape index (κ1) is 20.9. The van der Waals surface area contributed by atoms with Gasteiger partial charge in [0.05, 0.1) is 16.3 Å². The third-order valence-electron chi connectivity index (χ3n) is 4.83. The summed E-state index contributed by atoms with van der Waals surface area (Å²) in [6.07, 6.45) is -0.449. The van der Waals surface area contributed by atoms with E-state index < -0.39 is 11.7 Å². The molecule has 150 valence electrons. The number of nitrogens with zero attached hydrogens (tertiary/aromatic N) is 1. The predicted octanol–water partition coefficient (Wildman–Crippen LogP) is 6.64. The summed E-state index contributed by atoms with van der Waals surface area (Å²) in [7, 11) is 0. The van der Waals surface area contributed by atoms with Crippen molar-refractivity contribution in [1.82, 2.24) is 4.90 Å². The van der Waals surface area contributed by atoms with Gasteiger partial charge in [-0.3, -0.25) is 0 Å². The molecule has 0 aliphatic heterocycles. The van der Waals surface area contributed by atoms with Crippen molar-refractivity contribution >= 4 is 34.6 Å². The summed E-state index contributed by atoms with van der Waals surface area (Å²) in [4.78, 5) is 1.95.